The van der Waals surface area contributed by atoms with Gasteiger partial charge in [-0.05, 0) is 18.1 Å². The first-order valence-corrected chi connectivity index (χ1v) is 8.12. The van der Waals surface area contributed by atoms with E-state index in [2.05, 4.69) is 15.7 Å². The maximum Gasteiger partial charge on any atom is 0.328 e. The summed E-state index contributed by atoms with van der Waals surface area (Å²) in [7, 11) is 2.87. The van der Waals surface area contributed by atoms with Gasteiger partial charge < -0.3 is 15.4 Å². The molecule has 1 heterocycles. The van der Waals surface area contributed by atoms with E-state index in [1.807, 2.05) is 6.07 Å². The number of rotatable bonds is 6. The normalized spacial score (nSPS) is 11.7. The number of amides is 2. The Bertz CT molecular complexity index is 799. The Labute approximate surface area is 151 Å². The van der Waals surface area contributed by atoms with Crippen LogP contribution in [0.2, 0.25) is 0 Å². The number of aromatic nitrogens is 2. The van der Waals surface area contributed by atoms with Gasteiger partial charge in [-0.1, -0.05) is 32.0 Å². The van der Waals surface area contributed by atoms with Gasteiger partial charge >= 0.3 is 5.97 Å². The lowest BCUT2D eigenvalue weighted by molar-refractivity contribution is -0.144. The molecule has 8 nitrogen and oxygen atoms in total. The van der Waals surface area contributed by atoms with E-state index in [1.165, 1.54) is 17.9 Å². The third-order valence-corrected chi connectivity index (χ3v) is 3.80. The smallest absolute Gasteiger partial charge is 0.328 e. The highest BCUT2D eigenvalue weighted by Crippen LogP contribution is 2.12. The number of hydrogen-bond acceptors (Lipinski definition) is 5. The number of carbonyl (C=O) groups excluding carboxylic acids is 3. The maximum atomic E-state index is 12.4. The van der Waals surface area contributed by atoms with E-state index in [-0.39, 0.29) is 17.5 Å². The van der Waals surface area contributed by atoms with Crippen LogP contribution in [0.3, 0.4) is 0 Å². The summed E-state index contributed by atoms with van der Waals surface area (Å²) < 4.78 is 6.09. The van der Waals surface area contributed by atoms with Gasteiger partial charge in [0.1, 0.15) is 11.9 Å². The van der Waals surface area contributed by atoms with Gasteiger partial charge in [0, 0.05) is 18.7 Å². The van der Waals surface area contributed by atoms with Crippen molar-refractivity contribution in [1.29, 1.82) is 0 Å². The molecule has 0 aliphatic rings. The fourth-order valence-electron chi connectivity index (χ4n) is 2.31. The highest BCUT2D eigenvalue weighted by Gasteiger charge is 2.26. The number of hydrogen-bond donors (Lipinski definition) is 2. The monoisotopic (exact) mass is 358 g/mol. The second-order valence-electron chi connectivity index (χ2n) is 6.08. The molecule has 1 aromatic carbocycles. The first-order valence-electron chi connectivity index (χ1n) is 8.12. The standard InChI is InChI=1S/C18H22N4O4/c1-11(2)15(18(25)26-4)20-17(24)13-10-14(22(3)21-13)19-16(23)12-8-6-5-7-9-12/h5-11,15H,1-4H3,(H,19,23)(H,20,24). The molecule has 1 unspecified atom stereocenters. The Balaban J connectivity index is 2.12. The van der Waals surface area contributed by atoms with Crippen LogP contribution in [0.4, 0.5) is 5.82 Å². The number of methoxy groups -OCH3 is 1. The Kier molecular flexibility index (Phi) is 6.11. The van der Waals surface area contributed by atoms with Crippen LogP contribution in [0.15, 0.2) is 36.4 Å². The van der Waals surface area contributed by atoms with E-state index in [1.54, 1.807) is 45.2 Å². The third kappa shape index (κ3) is 4.47. The fourth-order valence-corrected chi connectivity index (χ4v) is 2.31. The molecule has 8 heteroatoms. The van der Waals surface area contributed by atoms with Crippen molar-refractivity contribution >= 4 is 23.6 Å². The van der Waals surface area contributed by atoms with Gasteiger partial charge in [-0.25, -0.2) is 4.79 Å². The minimum absolute atomic E-state index is 0.0883. The average molecular weight is 358 g/mol. The Hall–Kier alpha value is -3.16. The van der Waals surface area contributed by atoms with Crippen LogP contribution in [-0.2, 0) is 16.6 Å². The lowest BCUT2D eigenvalue weighted by Crippen LogP contribution is -2.45. The van der Waals surface area contributed by atoms with Crippen molar-refractivity contribution in [3.8, 4) is 0 Å². The molecule has 0 bridgehead atoms. The Morgan fingerprint density at radius 1 is 1.12 bits per heavy atom. The molecular weight excluding hydrogens is 336 g/mol. The SMILES string of the molecule is COC(=O)C(NC(=O)c1cc(NC(=O)c2ccccc2)n(C)n1)C(C)C. The molecule has 0 spiro atoms. The molecule has 2 amide bonds. The van der Waals surface area contributed by atoms with Crippen molar-refractivity contribution in [2.75, 3.05) is 12.4 Å². The van der Waals surface area contributed by atoms with Gasteiger partial charge in [0.15, 0.2) is 5.69 Å². The highest BCUT2D eigenvalue weighted by atomic mass is 16.5. The highest BCUT2D eigenvalue weighted by molar-refractivity contribution is 6.04. The van der Waals surface area contributed by atoms with Crippen LogP contribution < -0.4 is 10.6 Å². The van der Waals surface area contributed by atoms with Crippen molar-refractivity contribution in [2.24, 2.45) is 13.0 Å². The molecule has 0 saturated heterocycles. The molecule has 138 valence electrons. The number of esters is 1. The summed E-state index contributed by atoms with van der Waals surface area (Å²) >= 11 is 0. The average Bonchev–Trinajstić information content (AvgIpc) is 3.00. The quantitative estimate of drug-likeness (QED) is 0.764. The molecule has 2 aromatic rings. The van der Waals surface area contributed by atoms with Gasteiger partial charge in [-0.3, -0.25) is 14.3 Å². The van der Waals surface area contributed by atoms with Crippen LogP contribution in [0.5, 0.6) is 0 Å². The Morgan fingerprint density at radius 3 is 2.35 bits per heavy atom. The predicted molar refractivity (Wildman–Crippen MR) is 95.7 cm³/mol. The van der Waals surface area contributed by atoms with Crippen molar-refractivity contribution in [3.05, 3.63) is 47.7 Å². The number of carbonyl (C=O) groups is 3. The molecule has 26 heavy (non-hydrogen) atoms. The van der Waals surface area contributed by atoms with Gasteiger partial charge in [0.2, 0.25) is 0 Å². The summed E-state index contributed by atoms with van der Waals surface area (Å²) in [5.41, 5.74) is 0.579. The first kappa shape index (κ1) is 19.2. The number of aryl methyl sites for hydroxylation is 1. The summed E-state index contributed by atoms with van der Waals surface area (Å²) in [4.78, 5) is 36.4. The summed E-state index contributed by atoms with van der Waals surface area (Å²) in [5.74, 6) is -1.14. The van der Waals surface area contributed by atoms with E-state index in [0.717, 1.165) is 0 Å². The van der Waals surface area contributed by atoms with Crippen molar-refractivity contribution in [2.45, 2.75) is 19.9 Å². The maximum absolute atomic E-state index is 12.4. The van der Waals surface area contributed by atoms with Gasteiger partial charge in [-0.15, -0.1) is 0 Å². The molecule has 1 atom stereocenters. The molecule has 2 rings (SSSR count). The summed E-state index contributed by atoms with van der Waals surface area (Å²) in [6.45, 7) is 3.59. The zero-order valence-corrected chi connectivity index (χ0v) is 15.1. The minimum Gasteiger partial charge on any atom is -0.467 e. The molecule has 0 fully saturated rings. The molecule has 1 aromatic heterocycles. The Morgan fingerprint density at radius 2 is 1.77 bits per heavy atom. The predicted octanol–water partition coefficient (Wildman–Crippen LogP) is 1.60. The van der Waals surface area contributed by atoms with Crippen LogP contribution in [0.25, 0.3) is 0 Å². The van der Waals surface area contributed by atoms with E-state index in [0.29, 0.717) is 11.4 Å². The summed E-state index contributed by atoms with van der Waals surface area (Å²) in [5, 5.41) is 9.40. The third-order valence-electron chi connectivity index (χ3n) is 3.80. The summed E-state index contributed by atoms with van der Waals surface area (Å²) in [6, 6.07) is 9.37. The summed E-state index contributed by atoms with van der Waals surface area (Å²) in [6.07, 6.45) is 0. The number of ether oxygens (including phenoxy) is 1. The van der Waals surface area contributed by atoms with Gasteiger partial charge in [0.25, 0.3) is 11.8 Å². The largest absolute Gasteiger partial charge is 0.467 e. The lowest BCUT2D eigenvalue weighted by atomic mass is 10.0. The molecule has 0 radical (unpaired) electrons. The van der Waals surface area contributed by atoms with E-state index >= 15 is 0 Å². The number of benzene rings is 1. The number of nitrogens with one attached hydrogen (secondary N) is 2. The second kappa shape index (κ2) is 8.28. The topological polar surface area (TPSA) is 102 Å². The zero-order chi connectivity index (χ0) is 19.3. The van der Waals surface area contributed by atoms with Crippen molar-refractivity contribution < 1.29 is 19.1 Å². The first-order chi connectivity index (χ1) is 12.3. The van der Waals surface area contributed by atoms with Gasteiger partial charge in [-0.2, -0.15) is 5.10 Å². The molecule has 2 N–H and O–H groups in total. The van der Waals surface area contributed by atoms with E-state index < -0.39 is 17.9 Å². The van der Waals surface area contributed by atoms with Gasteiger partial charge in [0.05, 0.1) is 7.11 Å². The van der Waals surface area contributed by atoms with Crippen molar-refractivity contribution in [3.63, 3.8) is 0 Å². The number of nitrogens with zero attached hydrogens (tertiary/aromatic N) is 2. The minimum atomic E-state index is -0.781. The molecular formula is C18H22N4O4. The van der Waals surface area contributed by atoms with Crippen LogP contribution >= 0.6 is 0 Å². The lowest BCUT2D eigenvalue weighted by Gasteiger charge is -2.19. The fraction of sp³-hybridized carbons (Fsp3) is 0.333. The van der Waals surface area contributed by atoms with E-state index in [4.69, 9.17) is 4.74 Å². The van der Waals surface area contributed by atoms with Crippen LogP contribution in [-0.4, -0.2) is 40.7 Å². The molecule has 0 aliphatic carbocycles. The molecule has 0 aliphatic heterocycles. The van der Waals surface area contributed by atoms with Crippen LogP contribution in [0.1, 0.15) is 34.7 Å². The number of anilines is 1. The molecule has 0 saturated carbocycles. The zero-order valence-electron chi connectivity index (χ0n) is 15.1. The second-order valence-corrected chi connectivity index (χ2v) is 6.08. The van der Waals surface area contributed by atoms with E-state index in [9.17, 15) is 14.4 Å². The van der Waals surface area contributed by atoms with Crippen LogP contribution in [0, 0.1) is 5.92 Å². The van der Waals surface area contributed by atoms with Crippen molar-refractivity contribution in [1.82, 2.24) is 15.1 Å².